The molecule has 0 spiro atoms. The minimum absolute atomic E-state index is 0. The number of carbonyl (C=O) groups excluding carboxylic acids is 2. The molecule has 2 amide bonds. The number of nitrogens with two attached hydrogens (primary N) is 2. The van der Waals surface area contributed by atoms with Crippen LogP contribution in [-0.2, 0) is 16.1 Å². The van der Waals surface area contributed by atoms with Crippen LogP contribution >= 0.6 is 12.4 Å². The number of likely N-dealkylation sites (N-methyl/N-ethyl adjacent to an activating group) is 1. The van der Waals surface area contributed by atoms with Crippen LogP contribution in [0, 0.1) is 0 Å². The van der Waals surface area contributed by atoms with E-state index >= 15 is 0 Å². The molecule has 6 heteroatoms. The molecule has 1 aromatic carbocycles. The molecule has 1 aromatic rings. The Kier molecular flexibility index (Phi) is 7.79. The quantitative estimate of drug-likeness (QED) is 0.804. The lowest BCUT2D eigenvalue weighted by molar-refractivity contribution is -0.135. The number of nitrogens with zero attached hydrogens (tertiary/aromatic N) is 1. The predicted molar refractivity (Wildman–Crippen MR) is 76.6 cm³/mol. The Labute approximate surface area is 119 Å². The standard InChI is InChI=1S/C13H19N3O2.ClH/c1-2-16(9-10-6-4-3-5-7-10)13(18)11(14)8-12(15)17;/h3-7,11H,2,8-9,14H2,1H3,(H2,15,17);1H. The maximum atomic E-state index is 12.0. The highest BCUT2D eigenvalue weighted by molar-refractivity contribution is 5.87. The fraction of sp³-hybridized carbons (Fsp3) is 0.385. The van der Waals surface area contributed by atoms with E-state index in [1.807, 2.05) is 37.3 Å². The topological polar surface area (TPSA) is 89.4 Å². The van der Waals surface area contributed by atoms with Crippen LogP contribution in [0.4, 0.5) is 0 Å². The second-order valence-electron chi connectivity index (χ2n) is 4.11. The third-order valence-electron chi connectivity index (χ3n) is 2.65. The van der Waals surface area contributed by atoms with Crippen molar-refractivity contribution in [2.75, 3.05) is 6.54 Å². The summed E-state index contributed by atoms with van der Waals surface area (Å²) in [5.41, 5.74) is 11.7. The lowest BCUT2D eigenvalue weighted by Gasteiger charge is -2.24. The number of hydrogen-bond donors (Lipinski definition) is 2. The van der Waals surface area contributed by atoms with Crippen molar-refractivity contribution in [3.8, 4) is 0 Å². The van der Waals surface area contributed by atoms with Gasteiger partial charge in [-0.05, 0) is 12.5 Å². The molecule has 0 radical (unpaired) electrons. The van der Waals surface area contributed by atoms with Gasteiger partial charge in [0.2, 0.25) is 11.8 Å². The monoisotopic (exact) mass is 285 g/mol. The number of primary amides is 1. The SMILES string of the molecule is CCN(Cc1ccccc1)C(=O)C(N)CC(N)=O.Cl. The fourth-order valence-electron chi connectivity index (χ4n) is 1.69. The molecule has 0 aliphatic carbocycles. The van der Waals surface area contributed by atoms with E-state index in [-0.39, 0.29) is 24.7 Å². The van der Waals surface area contributed by atoms with E-state index in [4.69, 9.17) is 11.5 Å². The van der Waals surface area contributed by atoms with E-state index in [2.05, 4.69) is 0 Å². The van der Waals surface area contributed by atoms with Crippen LogP contribution in [0.1, 0.15) is 18.9 Å². The summed E-state index contributed by atoms with van der Waals surface area (Å²) in [6.07, 6.45) is -0.121. The maximum absolute atomic E-state index is 12.0. The number of rotatable bonds is 6. The normalized spacial score (nSPS) is 11.3. The molecule has 0 fully saturated rings. The molecule has 5 nitrogen and oxygen atoms in total. The molecule has 1 unspecified atom stereocenters. The third-order valence-corrected chi connectivity index (χ3v) is 2.65. The van der Waals surface area contributed by atoms with E-state index < -0.39 is 11.9 Å². The molecule has 19 heavy (non-hydrogen) atoms. The number of carbonyl (C=O) groups is 2. The molecular weight excluding hydrogens is 266 g/mol. The molecule has 0 bridgehead atoms. The summed E-state index contributed by atoms with van der Waals surface area (Å²) in [5, 5.41) is 0. The first-order valence-electron chi connectivity index (χ1n) is 5.91. The molecule has 0 heterocycles. The summed E-state index contributed by atoms with van der Waals surface area (Å²) in [6, 6.07) is 8.77. The van der Waals surface area contributed by atoms with Gasteiger partial charge in [0.15, 0.2) is 0 Å². The largest absolute Gasteiger partial charge is 0.370 e. The summed E-state index contributed by atoms with van der Waals surface area (Å²) in [6.45, 7) is 2.90. The van der Waals surface area contributed by atoms with Crippen molar-refractivity contribution in [2.24, 2.45) is 11.5 Å². The second-order valence-corrected chi connectivity index (χ2v) is 4.11. The van der Waals surface area contributed by atoms with E-state index in [0.717, 1.165) is 5.56 Å². The summed E-state index contributed by atoms with van der Waals surface area (Å²) < 4.78 is 0. The highest BCUT2D eigenvalue weighted by atomic mass is 35.5. The Morgan fingerprint density at radius 1 is 1.26 bits per heavy atom. The highest BCUT2D eigenvalue weighted by Gasteiger charge is 2.21. The molecule has 0 aliphatic heterocycles. The zero-order valence-corrected chi connectivity index (χ0v) is 11.7. The Hall–Kier alpha value is -1.59. The van der Waals surface area contributed by atoms with Gasteiger partial charge in [-0.1, -0.05) is 30.3 Å². The van der Waals surface area contributed by atoms with Crippen LogP contribution in [0.15, 0.2) is 30.3 Å². The van der Waals surface area contributed by atoms with Crippen molar-refractivity contribution in [3.63, 3.8) is 0 Å². The maximum Gasteiger partial charge on any atom is 0.240 e. The van der Waals surface area contributed by atoms with Crippen LogP contribution in [-0.4, -0.2) is 29.3 Å². The van der Waals surface area contributed by atoms with Crippen molar-refractivity contribution >= 4 is 24.2 Å². The average Bonchev–Trinajstić information content (AvgIpc) is 2.35. The van der Waals surface area contributed by atoms with Crippen LogP contribution in [0.5, 0.6) is 0 Å². The Morgan fingerprint density at radius 2 is 1.84 bits per heavy atom. The van der Waals surface area contributed by atoms with Gasteiger partial charge in [0.05, 0.1) is 12.5 Å². The molecule has 0 saturated carbocycles. The Morgan fingerprint density at radius 3 is 2.32 bits per heavy atom. The van der Waals surface area contributed by atoms with Crippen molar-refractivity contribution in [2.45, 2.75) is 25.9 Å². The first-order chi connectivity index (χ1) is 8.54. The summed E-state index contributed by atoms with van der Waals surface area (Å²) in [4.78, 5) is 24.4. The zero-order valence-electron chi connectivity index (χ0n) is 10.9. The summed E-state index contributed by atoms with van der Waals surface area (Å²) in [5.74, 6) is -0.813. The van der Waals surface area contributed by atoms with Crippen molar-refractivity contribution in [1.29, 1.82) is 0 Å². The van der Waals surface area contributed by atoms with E-state index in [1.165, 1.54) is 0 Å². The number of amides is 2. The molecule has 0 aliphatic rings. The van der Waals surface area contributed by atoms with Gasteiger partial charge in [-0.25, -0.2) is 0 Å². The van der Waals surface area contributed by atoms with Crippen LogP contribution < -0.4 is 11.5 Å². The predicted octanol–water partition coefficient (Wildman–Crippen LogP) is 0.660. The molecular formula is C13H20ClN3O2. The van der Waals surface area contributed by atoms with Gasteiger partial charge in [0.25, 0.3) is 0 Å². The van der Waals surface area contributed by atoms with Gasteiger partial charge in [0, 0.05) is 13.1 Å². The average molecular weight is 286 g/mol. The third kappa shape index (κ3) is 5.72. The van der Waals surface area contributed by atoms with E-state index in [1.54, 1.807) is 4.90 Å². The lowest BCUT2D eigenvalue weighted by Crippen LogP contribution is -2.45. The van der Waals surface area contributed by atoms with Crippen molar-refractivity contribution in [1.82, 2.24) is 4.90 Å². The van der Waals surface area contributed by atoms with Crippen LogP contribution in [0.25, 0.3) is 0 Å². The molecule has 0 saturated heterocycles. The first-order valence-corrected chi connectivity index (χ1v) is 5.91. The van der Waals surface area contributed by atoms with Crippen LogP contribution in [0.3, 0.4) is 0 Å². The zero-order chi connectivity index (χ0) is 13.5. The number of benzene rings is 1. The number of halogens is 1. The minimum Gasteiger partial charge on any atom is -0.370 e. The summed E-state index contributed by atoms with van der Waals surface area (Å²) in [7, 11) is 0. The molecule has 106 valence electrons. The Bertz CT molecular complexity index is 412. The smallest absolute Gasteiger partial charge is 0.240 e. The summed E-state index contributed by atoms with van der Waals surface area (Å²) >= 11 is 0. The second kappa shape index (κ2) is 8.50. The molecule has 1 rings (SSSR count). The first kappa shape index (κ1) is 17.4. The van der Waals surface area contributed by atoms with Crippen molar-refractivity contribution < 1.29 is 9.59 Å². The Balaban J connectivity index is 0.00000324. The number of hydrogen-bond acceptors (Lipinski definition) is 3. The highest BCUT2D eigenvalue weighted by Crippen LogP contribution is 2.06. The van der Waals surface area contributed by atoms with Gasteiger partial charge in [-0.3, -0.25) is 9.59 Å². The van der Waals surface area contributed by atoms with Gasteiger partial charge in [0.1, 0.15) is 0 Å². The van der Waals surface area contributed by atoms with E-state index in [9.17, 15) is 9.59 Å². The minimum atomic E-state index is -0.855. The van der Waals surface area contributed by atoms with Crippen molar-refractivity contribution in [3.05, 3.63) is 35.9 Å². The van der Waals surface area contributed by atoms with Gasteiger partial charge >= 0.3 is 0 Å². The van der Waals surface area contributed by atoms with E-state index in [0.29, 0.717) is 13.1 Å². The van der Waals surface area contributed by atoms with Gasteiger partial charge < -0.3 is 16.4 Å². The van der Waals surface area contributed by atoms with Gasteiger partial charge in [-0.2, -0.15) is 0 Å². The molecule has 1 atom stereocenters. The van der Waals surface area contributed by atoms with Gasteiger partial charge in [-0.15, -0.1) is 12.4 Å². The fourth-order valence-corrected chi connectivity index (χ4v) is 1.69. The lowest BCUT2D eigenvalue weighted by atomic mass is 10.1. The molecule has 0 aromatic heterocycles. The van der Waals surface area contributed by atoms with Crippen LogP contribution in [0.2, 0.25) is 0 Å². The molecule has 4 N–H and O–H groups in total.